The molecule has 1 unspecified atom stereocenters. The van der Waals surface area contributed by atoms with Crippen molar-refractivity contribution in [2.45, 2.75) is 31.7 Å². The van der Waals surface area contributed by atoms with E-state index in [2.05, 4.69) is 17.2 Å². The molecule has 3 heteroatoms. The van der Waals surface area contributed by atoms with E-state index in [9.17, 15) is 4.79 Å². The lowest BCUT2D eigenvalue weighted by atomic mass is 10.1. The van der Waals surface area contributed by atoms with Crippen molar-refractivity contribution in [3.05, 3.63) is 12.7 Å². The van der Waals surface area contributed by atoms with Crippen LogP contribution in [0.4, 0.5) is 0 Å². The summed E-state index contributed by atoms with van der Waals surface area (Å²) in [6.07, 6.45) is 5.62. The zero-order valence-corrected chi connectivity index (χ0v) is 8.01. The highest BCUT2D eigenvalue weighted by molar-refractivity contribution is 5.76. The Hall–Kier alpha value is -0.830. The van der Waals surface area contributed by atoms with Gasteiger partial charge in [0, 0.05) is 19.0 Å². The molecule has 13 heavy (non-hydrogen) atoms. The van der Waals surface area contributed by atoms with Crippen LogP contribution >= 0.6 is 0 Å². The summed E-state index contributed by atoms with van der Waals surface area (Å²) >= 11 is 0. The maximum Gasteiger partial charge on any atom is 0.221 e. The van der Waals surface area contributed by atoms with Crippen molar-refractivity contribution < 1.29 is 4.79 Å². The molecule has 1 heterocycles. The third kappa shape index (κ3) is 4.08. The molecule has 0 aliphatic carbocycles. The van der Waals surface area contributed by atoms with Crippen molar-refractivity contribution in [2.75, 3.05) is 13.1 Å². The lowest BCUT2D eigenvalue weighted by Crippen LogP contribution is -2.32. The zero-order chi connectivity index (χ0) is 9.52. The van der Waals surface area contributed by atoms with Gasteiger partial charge in [-0.25, -0.2) is 0 Å². The van der Waals surface area contributed by atoms with Gasteiger partial charge in [-0.05, 0) is 25.8 Å². The molecule has 3 nitrogen and oxygen atoms in total. The number of nitrogens with one attached hydrogen (secondary N) is 2. The van der Waals surface area contributed by atoms with E-state index in [0.29, 0.717) is 12.5 Å². The van der Waals surface area contributed by atoms with Gasteiger partial charge in [-0.1, -0.05) is 6.08 Å². The lowest BCUT2D eigenvalue weighted by Gasteiger charge is -2.09. The van der Waals surface area contributed by atoms with Gasteiger partial charge in [-0.3, -0.25) is 4.79 Å². The highest BCUT2D eigenvalue weighted by atomic mass is 16.1. The molecule has 0 aromatic heterocycles. The Kier molecular flexibility index (Phi) is 4.54. The van der Waals surface area contributed by atoms with Gasteiger partial charge < -0.3 is 10.6 Å². The van der Waals surface area contributed by atoms with Gasteiger partial charge in [0.2, 0.25) is 5.91 Å². The van der Waals surface area contributed by atoms with Crippen LogP contribution in [0.1, 0.15) is 25.7 Å². The van der Waals surface area contributed by atoms with Crippen molar-refractivity contribution in [3.63, 3.8) is 0 Å². The minimum Gasteiger partial charge on any atom is -0.356 e. The first-order valence-electron chi connectivity index (χ1n) is 4.94. The summed E-state index contributed by atoms with van der Waals surface area (Å²) in [5, 5.41) is 6.16. The van der Waals surface area contributed by atoms with Crippen LogP contribution in [0.5, 0.6) is 0 Å². The number of hydrogen-bond acceptors (Lipinski definition) is 2. The second-order valence-corrected chi connectivity index (χ2v) is 3.42. The largest absolute Gasteiger partial charge is 0.356 e. The molecule has 0 bridgehead atoms. The molecule has 1 aliphatic heterocycles. The fourth-order valence-electron chi connectivity index (χ4n) is 1.54. The second kappa shape index (κ2) is 5.75. The second-order valence-electron chi connectivity index (χ2n) is 3.42. The normalized spacial score (nSPS) is 21.4. The average molecular weight is 182 g/mol. The third-order valence-electron chi connectivity index (χ3n) is 2.26. The van der Waals surface area contributed by atoms with E-state index in [-0.39, 0.29) is 5.91 Å². The van der Waals surface area contributed by atoms with E-state index >= 15 is 0 Å². The first kappa shape index (κ1) is 10.3. The standard InChI is InChI=1S/C10H18N2O/c1-2-3-6-12-10(13)8-9-5-4-7-11-9/h2,9,11H,1,3-8H2,(H,12,13). The van der Waals surface area contributed by atoms with Crippen LogP contribution in [0.15, 0.2) is 12.7 Å². The van der Waals surface area contributed by atoms with Crippen LogP contribution in [0.25, 0.3) is 0 Å². The smallest absolute Gasteiger partial charge is 0.221 e. The maximum atomic E-state index is 11.3. The van der Waals surface area contributed by atoms with Crippen LogP contribution in [-0.2, 0) is 4.79 Å². The molecule has 1 atom stereocenters. The summed E-state index contributed by atoms with van der Waals surface area (Å²) in [6, 6.07) is 0.406. The van der Waals surface area contributed by atoms with E-state index in [1.165, 1.54) is 6.42 Å². The minimum atomic E-state index is 0.154. The molecule has 1 fully saturated rings. The molecule has 0 saturated carbocycles. The monoisotopic (exact) mass is 182 g/mol. The van der Waals surface area contributed by atoms with Crippen LogP contribution < -0.4 is 10.6 Å². The highest BCUT2D eigenvalue weighted by Crippen LogP contribution is 2.07. The first-order chi connectivity index (χ1) is 6.33. The van der Waals surface area contributed by atoms with Crippen molar-refractivity contribution in [2.24, 2.45) is 0 Å². The van der Waals surface area contributed by atoms with Gasteiger partial charge in [-0.15, -0.1) is 6.58 Å². The maximum absolute atomic E-state index is 11.3. The summed E-state index contributed by atoms with van der Waals surface area (Å²) in [5.41, 5.74) is 0. The molecule has 0 radical (unpaired) electrons. The number of rotatable bonds is 5. The number of carbonyl (C=O) groups excluding carboxylic acids is 1. The number of amides is 1. The van der Waals surface area contributed by atoms with Gasteiger partial charge in [-0.2, -0.15) is 0 Å². The molecule has 0 aromatic carbocycles. The fraction of sp³-hybridized carbons (Fsp3) is 0.700. The van der Waals surface area contributed by atoms with Gasteiger partial charge in [0.25, 0.3) is 0 Å². The van der Waals surface area contributed by atoms with Crippen molar-refractivity contribution in [1.82, 2.24) is 10.6 Å². The van der Waals surface area contributed by atoms with Gasteiger partial charge >= 0.3 is 0 Å². The number of carbonyl (C=O) groups is 1. The van der Waals surface area contributed by atoms with Crippen LogP contribution in [0.3, 0.4) is 0 Å². The highest BCUT2D eigenvalue weighted by Gasteiger charge is 2.16. The van der Waals surface area contributed by atoms with E-state index in [4.69, 9.17) is 0 Å². The first-order valence-corrected chi connectivity index (χ1v) is 4.94. The summed E-state index contributed by atoms with van der Waals surface area (Å²) in [6.45, 7) is 5.37. The molecule has 2 N–H and O–H groups in total. The Morgan fingerprint density at radius 1 is 1.69 bits per heavy atom. The summed E-state index contributed by atoms with van der Waals surface area (Å²) in [5.74, 6) is 0.154. The molecule has 1 aliphatic rings. The van der Waals surface area contributed by atoms with E-state index < -0.39 is 0 Å². The Morgan fingerprint density at radius 2 is 2.54 bits per heavy atom. The molecule has 1 saturated heterocycles. The van der Waals surface area contributed by atoms with Crippen LogP contribution in [0.2, 0.25) is 0 Å². The van der Waals surface area contributed by atoms with E-state index in [1.54, 1.807) is 0 Å². The number of hydrogen-bond donors (Lipinski definition) is 2. The van der Waals surface area contributed by atoms with Crippen LogP contribution in [0, 0.1) is 0 Å². The average Bonchev–Trinajstić information content (AvgIpc) is 2.57. The fourth-order valence-corrected chi connectivity index (χ4v) is 1.54. The Balaban J connectivity index is 2.05. The summed E-state index contributed by atoms with van der Waals surface area (Å²) in [4.78, 5) is 11.3. The van der Waals surface area contributed by atoms with E-state index in [1.807, 2.05) is 6.08 Å². The van der Waals surface area contributed by atoms with Crippen molar-refractivity contribution in [3.8, 4) is 0 Å². The topological polar surface area (TPSA) is 41.1 Å². The van der Waals surface area contributed by atoms with E-state index in [0.717, 1.165) is 25.9 Å². The molecule has 0 spiro atoms. The Morgan fingerprint density at radius 3 is 3.15 bits per heavy atom. The SMILES string of the molecule is C=CCCNC(=O)CC1CCCN1. The van der Waals surface area contributed by atoms with Gasteiger partial charge in [0.15, 0.2) is 0 Å². The van der Waals surface area contributed by atoms with Crippen molar-refractivity contribution >= 4 is 5.91 Å². The molecular weight excluding hydrogens is 164 g/mol. The molecule has 1 amide bonds. The minimum absolute atomic E-state index is 0.154. The predicted molar refractivity (Wildman–Crippen MR) is 53.5 cm³/mol. The summed E-state index contributed by atoms with van der Waals surface area (Å²) < 4.78 is 0. The lowest BCUT2D eigenvalue weighted by molar-refractivity contribution is -0.121. The van der Waals surface area contributed by atoms with Gasteiger partial charge in [0.05, 0.1) is 0 Å². The quantitative estimate of drug-likeness (QED) is 0.488. The zero-order valence-electron chi connectivity index (χ0n) is 8.01. The third-order valence-corrected chi connectivity index (χ3v) is 2.26. The molecule has 1 rings (SSSR count). The summed E-state index contributed by atoms with van der Waals surface area (Å²) in [7, 11) is 0. The molecule has 74 valence electrons. The Labute approximate surface area is 79.6 Å². The Bertz CT molecular complexity index is 174. The van der Waals surface area contributed by atoms with Crippen LogP contribution in [-0.4, -0.2) is 25.0 Å². The van der Waals surface area contributed by atoms with Crippen molar-refractivity contribution in [1.29, 1.82) is 0 Å². The van der Waals surface area contributed by atoms with Gasteiger partial charge in [0.1, 0.15) is 0 Å². The molecule has 0 aromatic rings. The predicted octanol–water partition coefficient (Wildman–Crippen LogP) is 0.821. The molecular formula is C10H18N2O.